The van der Waals surface area contributed by atoms with Crippen molar-refractivity contribution in [1.29, 1.82) is 0 Å². The third-order valence-corrected chi connectivity index (χ3v) is 4.72. The fraction of sp³-hybridized carbons (Fsp3) is 0.429. The van der Waals surface area contributed by atoms with E-state index in [-0.39, 0.29) is 17.2 Å². The normalized spacial score (nSPS) is 14.1. The van der Waals surface area contributed by atoms with Crippen LogP contribution < -0.4 is 0 Å². The van der Waals surface area contributed by atoms with Gasteiger partial charge in [-0.3, -0.25) is 4.90 Å². The van der Waals surface area contributed by atoms with Gasteiger partial charge in [-0.15, -0.1) is 0 Å². The summed E-state index contributed by atoms with van der Waals surface area (Å²) < 4.78 is 26.8. The maximum Gasteiger partial charge on any atom is 0.128 e. The van der Waals surface area contributed by atoms with Crippen LogP contribution in [0.3, 0.4) is 0 Å². The molecular formula is C21H27F2N. The number of nitrogens with zero attached hydrogens (tertiary/aromatic N) is 1. The smallest absolute Gasteiger partial charge is 0.128 e. The average molecular weight is 331 g/mol. The first-order chi connectivity index (χ1) is 11.5. The summed E-state index contributed by atoms with van der Waals surface area (Å²) >= 11 is 0. The molecule has 0 aliphatic carbocycles. The van der Waals surface area contributed by atoms with Gasteiger partial charge in [0.15, 0.2) is 0 Å². The monoisotopic (exact) mass is 331 g/mol. The summed E-state index contributed by atoms with van der Waals surface area (Å²) in [6.07, 6.45) is 1.84. The lowest BCUT2D eigenvalue weighted by Crippen LogP contribution is -2.40. The zero-order chi connectivity index (χ0) is 17.7. The Balaban J connectivity index is 0.00000100. The van der Waals surface area contributed by atoms with Crippen molar-refractivity contribution in [2.24, 2.45) is 0 Å². The standard InChI is InChI=1S/C19H21F2N.C2H6/c1-19(2,11-10-14-6-8-16(20)9-7-14)22-12-15-4-3-5-18(21)17(15)13-22;1-2/h3-9H,10-13H2,1-2H3;1-2H3. The van der Waals surface area contributed by atoms with Gasteiger partial charge in [0.25, 0.3) is 0 Å². The summed E-state index contributed by atoms with van der Waals surface area (Å²) in [5.41, 5.74) is 3.03. The van der Waals surface area contributed by atoms with Crippen LogP contribution in [0.4, 0.5) is 8.78 Å². The van der Waals surface area contributed by atoms with Crippen LogP contribution in [0.15, 0.2) is 42.5 Å². The Morgan fingerprint density at radius 1 is 0.958 bits per heavy atom. The van der Waals surface area contributed by atoms with E-state index in [1.165, 1.54) is 18.2 Å². The zero-order valence-corrected chi connectivity index (χ0v) is 15.1. The van der Waals surface area contributed by atoms with Gasteiger partial charge in [0.1, 0.15) is 11.6 Å². The summed E-state index contributed by atoms with van der Waals surface area (Å²) in [6.45, 7) is 9.85. The van der Waals surface area contributed by atoms with Gasteiger partial charge in [-0.05, 0) is 56.0 Å². The molecule has 0 saturated heterocycles. The van der Waals surface area contributed by atoms with Crippen molar-refractivity contribution in [3.63, 3.8) is 0 Å². The minimum absolute atomic E-state index is 0.0279. The average Bonchev–Trinajstić information content (AvgIpc) is 3.03. The number of halogens is 2. The molecule has 0 radical (unpaired) electrons. The Kier molecular flexibility index (Phi) is 6.11. The first-order valence-corrected chi connectivity index (χ1v) is 8.71. The lowest BCUT2D eigenvalue weighted by molar-refractivity contribution is 0.109. The van der Waals surface area contributed by atoms with E-state index in [0.29, 0.717) is 6.54 Å². The number of aryl methyl sites for hydroxylation is 1. The zero-order valence-electron chi connectivity index (χ0n) is 15.1. The highest BCUT2D eigenvalue weighted by Crippen LogP contribution is 2.33. The molecule has 3 rings (SSSR count). The Morgan fingerprint density at radius 2 is 1.62 bits per heavy atom. The van der Waals surface area contributed by atoms with Crippen molar-refractivity contribution in [1.82, 2.24) is 4.90 Å². The number of rotatable bonds is 4. The molecule has 2 aromatic rings. The molecule has 3 heteroatoms. The minimum atomic E-state index is -0.200. The van der Waals surface area contributed by atoms with E-state index in [1.54, 1.807) is 6.07 Å². The van der Waals surface area contributed by atoms with Crippen LogP contribution in [0.1, 0.15) is 50.8 Å². The van der Waals surface area contributed by atoms with E-state index in [2.05, 4.69) is 18.7 Å². The van der Waals surface area contributed by atoms with Crippen molar-refractivity contribution < 1.29 is 8.78 Å². The highest BCUT2D eigenvalue weighted by atomic mass is 19.1. The predicted molar refractivity (Wildman–Crippen MR) is 95.8 cm³/mol. The van der Waals surface area contributed by atoms with E-state index in [1.807, 2.05) is 32.0 Å². The Hall–Kier alpha value is -1.74. The topological polar surface area (TPSA) is 3.24 Å². The highest BCUT2D eigenvalue weighted by molar-refractivity contribution is 5.32. The molecule has 1 heterocycles. The first kappa shape index (κ1) is 18.6. The van der Waals surface area contributed by atoms with Gasteiger partial charge in [-0.2, -0.15) is 0 Å². The van der Waals surface area contributed by atoms with Crippen LogP contribution >= 0.6 is 0 Å². The van der Waals surface area contributed by atoms with E-state index in [4.69, 9.17) is 0 Å². The number of hydrogen-bond donors (Lipinski definition) is 0. The van der Waals surface area contributed by atoms with Crippen molar-refractivity contribution in [3.05, 3.63) is 70.8 Å². The second-order valence-electron chi connectivity index (χ2n) is 6.67. The lowest BCUT2D eigenvalue weighted by Gasteiger charge is -2.35. The van der Waals surface area contributed by atoms with Crippen LogP contribution in [0.5, 0.6) is 0 Å². The van der Waals surface area contributed by atoms with Gasteiger partial charge in [-0.25, -0.2) is 8.78 Å². The van der Waals surface area contributed by atoms with Gasteiger partial charge >= 0.3 is 0 Å². The Bertz CT molecular complexity index is 662. The van der Waals surface area contributed by atoms with Gasteiger partial charge in [0.2, 0.25) is 0 Å². The number of hydrogen-bond acceptors (Lipinski definition) is 1. The van der Waals surface area contributed by atoms with Gasteiger partial charge in [0, 0.05) is 24.2 Å². The third-order valence-electron chi connectivity index (χ3n) is 4.72. The maximum atomic E-state index is 13.9. The predicted octanol–water partition coefficient (Wildman–Crippen LogP) is 5.72. The molecular weight excluding hydrogens is 304 g/mol. The molecule has 24 heavy (non-hydrogen) atoms. The molecule has 2 aromatic carbocycles. The molecule has 0 aromatic heterocycles. The molecule has 1 aliphatic rings. The summed E-state index contributed by atoms with van der Waals surface area (Å²) in [6, 6.07) is 12.0. The van der Waals surface area contributed by atoms with Crippen LogP contribution in [-0.2, 0) is 19.5 Å². The summed E-state index contributed by atoms with van der Waals surface area (Å²) in [7, 11) is 0. The second-order valence-corrected chi connectivity index (χ2v) is 6.67. The van der Waals surface area contributed by atoms with Crippen molar-refractivity contribution in [2.45, 2.75) is 59.2 Å². The molecule has 130 valence electrons. The maximum absolute atomic E-state index is 13.9. The highest BCUT2D eigenvalue weighted by Gasteiger charge is 2.32. The molecule has 1 nitrogen and oxygen atoms in total. The van der Waals surface area contributed by atoms with Crippen LogP contribution in [0.25, 0.3) is 0 Å². The van der Waals surface area contributed by atoms with Gasteiger partial charge < -0.3 is 0 Å². The SMILES string of the molecule is CC.CC(C)(CCc1ccc(F)cc1)N1Cc2cccc(F)c2C1. The summed E-state index contributed by atoms with van der Waals surface area (Å²) in [5, 5.41) is 0. The largest absolute Gasteiger partial charge is 0.290 e. The molecule has 1 aliphatic heterocycles. The minimum Gasteiger partial charge on any atom is -0.290 e. The molecule has 0 amide bonds. The number of benzene rings is 2. The fourth-order valence-electron chi connectivity index (χ4n) is 3.07. The van der Waals surface area contributed by atoms with Crippen molar-refractivity contribution in [2.75, 3.05) is 0 Å². The molecule has 0 fully saturated rings. The van der Waals surface area contributed by atoms with Gasteiger partial charge in [-0.1, -0.05) is 38.1 Å². The third kappa shape index (κ3) is 4.21. The lowest BCUT2D eigenvalue weighted by atomic mass is 9.93. The van der Waals surface area contributed by atoms with Crippen molar-refractivity contribution >= 4 is 0 Å². The molecule has 0 bridgehead atoms. The summed E-state index contributed by atoms with van der Waals surface area (Å²) in [5.74, 6) is -0.303. The van der Waals surface area contributed by atoms with E-state index in [9.17, 15) is 8.78 Å². The second kappa shape index (κ2) is 7.89. The quantitative estimate of drug-likeness (QED) is 0.693. The van der Waals surface area contributed by atoms with Crippen LogP contribution in [0.2, 0.25) is 0 Å². The molecule has 0 unspecified atom stereocenters. The molecule has 0 saturated carbocycles. The van der Waals surface area contributed by atoms with Crippen LogP contribution in [0, 0.1) is 11.6 Å². The van der Waals surface area contributed by atoms with Gasteiger partial charge in [0.05, 0.1) is 0 Å². The van der Waals surface area contributed by atoms with E-state index < -0.39 is 0 Å². The summed E-state index contributed by atoms with van der Waals surface area (Å²) in [4.78, 5) is 2.32. The molecule has 0 N–H and O–H groups in total. The first-order valence-electron chi connectivity index (χ1n) is 8.71. The molecule has 0 spiro atoms. The number of fused-ring (bicyclic) bond motifs is 1. The van der Waals surface area contributed by atoms with E-state index >= 15 is 0 Å². The fourth-order valence-corrected chi connectivity index (χ4v) is 3.07. The Labute approximate surface area is 144 Å². The van der Waals surface area contributed by atoms with Crippen molar-refractivity contribution in [3.8, 4) is 0 Å². The Morgan fingerprint density at radius 3 is 2.25 bits per heavy atom. The van der Waals surface area contributed by atoms with Crippen LogP contribution in [-0.4, -0.2) is 10.4 Å². The molecule has 0 atom stereocenters. The van der Waals surface area contributed by atoms with E-state index in [0.717, 1.165) is 36.1 Å².